The van der Waals surface area contributed by atoms with Crippen LogP contribution in [0.2, 0.25) is 0 Å². The number of Topliss-reactive ketones (excluding diaryl/α,β-unsaturated/α-hetero) is 1. The second-order valence-electron chi connectivity index (χ2n) is 11.9. The summed E-state index contributed by atoms with van der Waals surface area (Å²) in [5.41, 5.74) is 2.13. The number of para-hydroxylation sites is 1. The number of rotatable bonds is 7. The Morgan fingerprint density at radius 3 is 2.59 bits per heavy atom. The Morgan fingerprint density at radius 2 is 1.82 bits per heavy atom. The van der Waals surface area contributed by atoms with Crippen LogP contribution < -0.4 is 20.9 Å². The van der Waals surface area contributed by atoms with E-state index in [0.29, 0.717) is 46.8 Å². The number of aryl methyl sites for hydroxylation is 1. The first-order valence-electron chi connectivity index (χ1n) is 14.9. The molecule has 3 aromatic rings. The number of amides is 3. The topological polar surface area (TPSA) is 120 Å². The summed E-state index contributed by atoms with van der Waals surface area (Å²) >= 11 is 0. The Morgan fingerprint density at radius 1 is 1.07 bits per heavy atom. The Kier molecular flexibility index (Phi) is 8.09. The number of anilines is 2. The molecule has 44 heavy (non-hydrogen) atoms. The smallest absolute Gasteiger partial charge is 0.315 e. The summed E-state index contributed by atoms with van der Waals surface area (Å²) in [4.78, 5) is 59.0. The average molecular weight is 596 g/mol. The first-order chi connectivity index (χ1) is 21.3. The van der Waals surface area contributed by atoms with Crippen LogP contribution >= 0.6 is 0 Å². The predicted octanol–water partition coefficient (Wildman–Crippen LogP) is 4.63. The minimum Gasteiger partial charge on any atom is -0.315 e. The Hall–Kier alpha value is -4.70. The van der Waals surface area contributed by atoms with Crippen molar-refractivity contribution >= 4 is 41.1 Å². The molecule has 2 saturated heterocycles. The van der Waals surface area contributed by atoms with Gasteiger partial charge in [-0.15, -0.1) is 0 Å². The molecule has 1 unspecified atom stereocenters. The van der Waals surface area contributed by atoms with Crippen LogP contribution in [0, 0.1) is 24.1 Å². The molecule has 10 heteroatoms. The highest BCUT2D eigenvalue weighted by atomic mass is 19.1. The van der Waals surface area contributed by atoms with Gasteiger partial charge in [0.2, 0.25) is 6.17 Å². The Labute approximate surface area is 254 Å². The van der Waals surface area contributed by atoms with Crippen molar-refractivity contribution in [3.05, 3.63) is 94.8 Å². The fraction of sp³-hybridized carbons (Fsp3) is 0.324. The minimum atomic E-state index is -1.47. The highest BCUT2D eigenvalue weighted by Crippen LogP contribution is 2.42. The number of benzene rings is 3. The minimum absolute atomic E-state index is 0.0453. The molecule has 0 aromatic heterocycles. The fourth-order valence-corrected chi connectivity index (χ4v) is 6.64. The number of aliphatic imine (C=N–C) groups is 1. The van der Waals surface area contributed by atoms with Gasteiger partial charge in [0.15, 0.2) is 5.78 Å². The highest BCUT2D eigenvalue weighted by Gasteiger charge is 2.45. The van der Waals surface area contributed by atoms with Crippen molar-refractivity contribution in [2.24, 2.45) is 16.3 Å². The van der Waals surface area contributed by atoms with Crippen LogP contribution in [-0.2, 0) is 9.59 Å². The Balaban J connectivity index is 1.40. The van der Waals surface area contributed by atoms with E-state index in [1.807, 2.05) is 13.0 Å². The van der Waals surface area contributed by atoms with Gasteiger partial charge in [-0.3, -0.25) is 14.4 Å². The molecule has 3 aliphatic heterocycles. The first-order valence-corrected chi connectivity index (χ1v) is 14.9. The second kappa shape index (κ2) is 12.1. The first kappa shape index (κ1) is 29.4. The molecule has 1 atom stereocenters. The molecule has 3 N–H and O–H groups in total. The number of benzodiazepines with no additional fused rings is 1. The number of fused-ring (bicyclic) bond motifs is 5. The van der Waals surface area contributed by atoms with E-state index in [9.17, 15) is 19.2 Å². The number of ketones is 1. The van der Waals surface area contributed by atoms with Crippen LogP contribution in [-0.4, -0.2) is 55.5 Å². The molecule has 7 rings (SSSR count). The Bertz CT molecular complexity index is 1660. The van der Waals surface area contributed by atoms with Crippen LogP contribution in [0.5, 0.6) is 0 Å². The number of carbonyl (C=O) groups is 4. The second-order valence-corrected chi connectivity index (χ2v) is 11.9. The van der Waals surface area contributed by atoms with Crippen LogP contribution in [0.1, 0.15) is 52.7 Å². The summed E-state index contributed by atoms with van der Waals surface area (Å²) in [6.07, 6.45) is 2.61. The summed E-state index contributed by atoms with van der Waals surface area (Å²) < 4.78 is 15.3. The highest BCUT2D eigenvalue weighted by molar-refractivity contribution is 6.21. The maximum absolute atomic E-state index is 15.3. The molecular formula is C34H34FN5O4. The summed E-state index contributed by atoms with van der Waals surface area (Å²) in [5.74, 6) is -0.637. The summed E-state index contributed by atoms with van der Waals surface area (Å²) in [6, 6.07) is 17.1. The van der Waals surface area contributed by atoms with Gasteiger partial charge >= 0.3 is 6.03 Å². The molecule has 226 valence electrons. The maximum Gasteiger partial charge on any atom is 0.321 e. The zero-order valence-electron chi connectivity index (χ0n) is 24.4. The maximum atomic E-state index is 15.3. The largest absolute Gasteiger partial charge is 0.321 e. The van der Waals surface area contributed by atoms with E-state index >= 15 is 4.39 Å². The van der Waals surface area contributed by atoms with E-state index in [0.717, 1.165) is 32.2 Å². The zero-order chi connectivity index (χ0) is 30.8. The van der Waals surface area contributed by atoms with Gasteiger partial charge in [0.1, 0.15) is 12.1 Å². The SMILES string of the molecule is Cc1cccc2c1N(CC(=O)C13CCC(CC1)CNC3)C(=O)C(NC(=O)Nc1cccc(C=O)c1)N=C2c1ccccc1F. The molecule has 3 aromatic carbocycles. The van der Waals surface area contributed by atoms with Crippen molar-refractivity contribution in [3.63, 3.8) is 0 Å². The number of urea groups is 1. The lowest BCUT2D eigenvalue weighted by molar-refractivity contribution is -0.130. The van der Waals surface area contributed by atoms with Gasteiger partial charge < -0.3 is 20.9 Å². The van der Waals surface area contributed by atoms with E-state index in [-0.39, 0.29) is 23.6 Å². The number of hydrogen-bond acceptors (Lipinski definition) is 6. The van der Waals surface area contributed by atoms with Crippen molar-refractivity contribution in [2.75, 3.05) is 29.9 Å². The van der Waals surface area contributed by atoms with Gasteiger partial charge in [-0.05, 0) is 74.9 Å². The van der Waals surface area contributed by atoms with E-state index in [2.05, 4.69) is 20.9 Å². The molecule has 3 heterocycles. The molecule has 4 aliphatic rings. The third-order valence-corrected chi connectivity index (χ3v) is 9.05. The molecule has 3 fully saturated rings. The van der Waals surface area contributed by atoms with Crippen LogP contribution in [0.25, 0.3) is 0 Å². The summed E-state index contributed by atoms with van der Waals surface area (Å²) in [6.45, 7) is 3.08. The number of halogens is 1. The van der Waals surface area contributed by atoms with Gasteiger partial charge in [0.05, 0.1) is 17.9 Å². The lowest BCUT2D eigenvalue weighted by Gasteiger charge is -2.37. The summed E-state index contributed by atoms with van der Waals surface area (Å²) in [7, 11) is 0. The fourth-order valence-electron chi connectivity index (χ4n) is 6.64. The van der Waals surface area contributed by atoms with E-state index < -0.39 is 29.3 Å². The van der Waals surface area contributed by atoms with Gasteiger partial charge in [-0.2, -0.15) is 0 Å². The van der Waals surface area contributed by atoms with Crippen molar-refractivity contribution in [1.29, 1.82) is 0 Å². The normalized spacial score (nSPS) is 22.7. The standard InChI is InChI=1S/C34H34FN5O4/c1-21-6-4-10-26-29(25-9-2-3-11-27(25)35)38-31(39-33(44)37-24-8-5-7-23(16-24)19-41)32(43)40(30(21)26)18-28(42)34-14-12-22(13-15-34)17-36-20-34/h2-11,16,19,22,31,36H,12-15,17-18,20H2,1H3,(H2,37,39,44). The van der Waals surface area contributed by atoms with Gasteiger partial charge in [0, 0.05) is 34.3 Å². The van der Waals surface area contributed by atoms with Crippen molar-refractivity contribution in [2.45, 2.75) is 38.8 Å². The number of carbonyl (C=O) groups excluding carboxylic acids is 4. The van der Waals surface area contributed by atoms with E-state index in [1.54, 1.807) is 48.5 Å². The van der Waals surface area contributed by atoms with Crippen molar-refractivity contribution in [3.8, 4) is 0 Å². The van der Waals surface area contributed by atoms with Crippen molar-refractivity contribution in [1.82, 2.24) is 10.6 Å². The number of hydrogen-bond donors (Lipinski definition) is 3. The monoisotopic (exact) mass is 595 g/mol. The average Bonchev–Trinajstić information content (AvgIpc) is 3.42. The number of aldehydes is 1. The van der Waals surface area contributed by atoms with E-state index in [4.69, 9.17) is 0 Å². The molecule has 1 saturated carbocycles. The molecule has 0 radical (unpaired) electrons. The van der Waals surface area contributed by atoms with Crippen LogP contribution in [0.3, 0.4) is 0 Å². The molecule has 0 spiro atoms. The zero-order valence-corrected chi connectivity index (χ0v) is 24.4. The third-order valence-electron chi connectivity index (χ3n) is 9.05. The predicted molar refractivity (Wildman–Crippen MR) is 166 cm³/mol. The molecule has 3 amide bonds. The van der Waals surface area contributed by atoms with Crippen LogP contribution in [0.15, 0.2) is 71.7 Å². The lowest BCUT2D eigenvalue weighted by atomic mass is 9.69. The molecule has 2 bridgehead atoms. The molecular weight excluding hydrogens is 561 g/mol. The van der Waals surface area contributed by atoms with Gasteiger partial charge in [-0.25, -0.2) is 14.2 Å². The lowest BCUT2D eigenvalue weighted by Crippen LogP contribution is -2.52. The number of nitrogens with one attached hydrogen (secondary N) is 3. The van der Waals surface area contributed by atoms with E-state index in [1.165, 1.54) is 17.0 Å². The third kappa shape index (κ3) is 5.65. The molecule has 9 nitrogen and oxygen atoms in total. The molecule has 1 aliphatic carbocycles. The number of nitrogens with zero attached hydrogens (tertiary/aromatic N) is 2. The van der Waals surface area contributed by atoms with Crippen LogP contribution in [0.4, 0.5) is 20.6 Å². The quantitative estimate of drug-likeness (QED) is 0.344. The van der Waals surface area contributed by atoms with Gasteiger partial charge in [0.25, 0.3) is 5.91 Å². The van der Waals surface area contributed by atoms with Gasteiger partial charge in [-0.1, -0.05) is 42.5 Å². The van der Waals surface area contributed by atoms with Crippen molar-refractivity contribution < 1.29 is 23.6 Å². The summed E-state index contributed by atoms with van der Waals surface area (Å²) in [5, 5.41) is 8.72.